The second-order valence-electron chi connectivity index (χ2n) is 8.03. The van der Waals surface area contributed by atoms with Crippen LogP contribution in [-0.4, -0.2) is 85.2 Å². The van der Waals surface area contributed by atoms with Crippen LogP contribution in [0.25, 0.3) is 0 Å². The molecule has 4 rings (SSSR count). The molecule has 6 heteroatoms. The highest BCUT2D eigenvalue weighted by Gasteiger charge is 2.35. The Labute approximate surface area is 151 Å². The summed E-state index contributed by atoms with van der Waals surface area (Å²) in [5.41, 5.74) is 0. The summed E-state index contributed by atoms with van der Waals surface area (Å²) in [4.78, 5) is 18.8. The molecular formula is C19H32N6. The molecule has 1 saturated carbocycles. The molecule has 0 radical (unpaired) electrons. The van der Waals surface area contributed by atoms with Crippen molar-refractivity contribution in [1.29, 1.82) is 0 Å². The summed E-state index contributed by atoms with van der Waals surface area (Å²) in [6.45, 7) is 7.21. The molecule has 0 amide bonds. The van der Waals surface area contributed by atoms with Crippen molar-refractivity contribution in [3.8, 4) is 0 Å². The van der Waals surface area contributed by atoms with Gasteiger partial charge in [-0.1, -0.05) is 19.3 Å². The van der Waals surface area contributed by atoms with Crippen LogP contribution in [0.2, 0.25) is 0 Å². The second kappa shape index (κ2) is 7.46. The average Bonchev–Trinajstić information content (AvgIpc) is 2.62. The Balaban J connectivity index is 1.25. The number of nitrogens with zero attached hydrogens (tertiary/aromatic N) is 6. The van der Waals surface area contributed by atoms with Gasteiger partial charge in [-0.3, -0.25) is 9.80 Å². The van der Waals surface area contributed by atoms with E-state index >= 15 is 0 Å². The Bertz CT molecular complexity index is 557. The third-order valence-corrected chi connectivity index (χ3v) is 6.17. The van der Waals surface area contributed by atoms with Crippen LogP contribution in [0, 0.1) is 0 Å². The fraction of sp³-hybridized carbons (Fsp3) is 0.789. The van der Waals surface area contributed by atoms with E-state index in [9.17, 15) is 0 Å². The van der Waals surface area contributed by atoms with Gasteiger partial charge in [0.25, 0.3) is 0 Å². The van der Waals surface area contributed by atoms with Crippen molar-refractivity contribution < 1.29 is 0 Å². The summed E-state index contributed by atoms with van der Waals surface area (Å²) < 4.78 is 0. The maximum Gasteiger partial charge on any atom is 0.226 e. The summed E-state index contributed by atoms with van der Waals surface area (Å²) in [6, 6.07) is 3.61. The summed E-state index contributed by atoms with van der Waals surface area (Å²) >= 11 is 0. The standard InChI is InChI=1S/C19H32N6/c1-22(2)19-20-9-8-18(21-19)25-14-17(15-25)24-12-10-23(11-13-24)16-6-4-3-5-7-16/h8-9,16-17H,3-7,10-15H2,1-2H3. The second-order valence-corrected chi connectivity index (χ2v) is 8.03. The minimum Gasteiger partial charge on any atom is -0.353 e. The van der Waals surface area contributed by atoms with Gasteiger partial charge in [0.15, 0.2) is 0 Å². The first-order chi connectivity index (χ1) is 12.2. The minimum absolute atomic E-state index is 0.700. The molecule has 0 unspecified atom stereocenters. The number of rotatable bonds is 4. The Morgan fingerprint density at radius 1 is 0.920 bits per heavy atom. The van der Waals surface area contributed by atoms with E-state index in [1.165, 1.54) is 58.3 Å². The zero-order valence-corrected chi connectivity index (χ0v) is 15.8. The number of hydrogen-bond acceptors (Lipinski definition) is 6. The highest BCUT2D eigenvalue weighted by Crippen LogP contribution is 2.26. The molecule has 6 nitrogen and oxygen atoms in total. The molecule has 138 valence electrons. The van der Waals surface area contributed by atoms with Gasteiger partial charge in [-0.2, -0.15) is 4.98 Å². The number of piperazine rings is 1. The number of hydrogen-bond donors (Lipinski definition) is 0. The van der Waals surface area contributed by atoms with Crippen molar-refractivity contribution in [3.05, 3.63) is 12.3 Å². The van der Waals surface area contributed by atoms with Crippen molar-refractivity contribution in [2.24, 2.45) is 0 Å². The molecule has 3 fully saturated rings. The Kier molecular flexibility index (Phi) is 5.08. The van der Waals surface area contributed by atoms with E-state index in [1.54, 1.807) is 0 Å². The van der Waals surface area contributed by atoms with Crippen molar-refractivity contribution >= 4 is 11.8 Å². The zero-order valence-electron chi connectivity index (χ0n) is 15.8. The summed E-state index contributed by atoms with van der Waals surface area (Å²) in [7, 11) is 3.98. The smallest absolute Gasteiger partial charge is 0.226 e. The fourth-order valence-electron chi connectivity index (χ4n) is 4.52. The minimum atomic E-state index is 0.700. The van der Waals surface area contributed by atoms with Gasteiger partial charge >= 0.3 is 0 Å². The summed E-state index contributed by atoms with van der Waals surface area (Å²) in [5.74, 6) is 1.86. The van der Waals surface area contributed by atoms with E-state index in [1.807, 2.05) is 31.3 Å². The van der Waals surface area contributed by atoms with Gasteiger partial charge in [0, 0.05) is 71.6 Å². The van der Waals surface area contributed by atoms with Crippen molar-refractivity contribution in [2.45, 2.75) is 44.2 Å². The molecule has 0 atom stereocenters. The first-order valence-electron chi connectivity index (χ1n) is 9.94. The molecule has 1 aromatic rings. The molecule has 0 aromatic carbocycles. The molecule has 1 aliphatic carbocycles. The van der Waals surface area contributed by atoms with Crippen LogP contribution in [0.1, 0.15) is 32.1 Å². The van der Waals surface area contributed by atoms with E-state index in [4.69, 9.17) is 0 Å². The third kappa shape index (κ3) is 3.75. The van der Waals surface area contributed by atoms with Crippen LogP contribution in [0.3, 0.4) is 0 Å². The molecule has 0 N–H and O–H groups in total. The van der Waals surface area contributed by atoms with Gasteiger partial charge in [0.1, 0.15) is 5.82 Å². The Morgan fingerprint density at radius 2 is 1.56 bits per heavy atom. The van der Waals surface area contributed by atoms with Crippen LogP contribution in [0.5, 0.6) is 0 Å². The lowest BCUT2D eigenvalue weighted by atomic mass is 9.93. The zero-order chi connectivity index (χ0) is 17.2. The van der Waals surface area contributed by atoms with E-state index in [2.05, 4.69) is 24.7 Å². The Hall–Kier alpha value is -1.40. The van der Waals surface area contributed by atoms with Crippen molar-refractivity contribution in [2.75, 3.05) is 63.2 Å². The van der Waals surface area contributed by atoms with E-state index < -0.39 is 0 Å². The molecule has 0 bridgehead atoms. The van der Waals surface area contributed by atoms with Crippen LogP contribution >= 0.6 is 0 Å². The predicted molar refractivity (Wildman–Crippen MR) is 102 cm³/mol. The van der Waals surface area contributed by atoms with E-state index in [0.717, 1.165) is 30.9 Å². The number of aromatic nitrogens is 2. The van der Waals surface area contributed by atoms with Gasteiger partial charge in [0.05, 0.1) is 0 Å². The third-order valence-electron chi connectivity index (χ3n) is 6.17. The molecule has 25 heavy (non-hydrogen) atoms. The molecule has 1 aromatic heterocycles. The Morgan fingerprint density at radius 3 is 2.20 bits per heavy atom. The maximum atomic E-state index is 4.66. The predicted octanol–water partition coefficient (Wildman–Crippen LogP) is 1.68. The van der Waals surface area contributed by atoms with Crippen molar-refractivity contribution in [3.63, 3.8) is 0 Å². The van der Waals surface area contributed by atoms with Crippen LogP contribution in [0.4, 0.5) is 11.8 Å². The SMILES string of the molecule is CN(C)c1nccc(N2CC(N3CCN(C4CCCCC4)CC3)C2)n1. The largest absolute Gasteiger partial charge is 0.353 e. The quantitative estimate of drug-likeness (QED) is 0.827. The van der Waals surface area contributed by atoms with E-state index in [0.29, 0.717) is 6.04 Å². The summed E-state index contributed by atoms with van der Waals surface area (Å²) in [6.07, 6.45) is 9.06. The topological polar surface area (TPSA) is 38.7 Å². The molecule has 3 aliphatic rings. The van der Waals surface area contributed by atoms with E-state index in [-0.39, 0.29) is 0 Å². The molecular weight excluding hydrogens is 312 g/mol. The fourth-order valence-corrected chi connectivity index (χ4v) is 4.52. The van der Waals surface area contributed by atoms with Gasteiger partial charge in [-0.15, -0.1) is 0 Å². The summed E-state index contributed by atoms with van der Waals surface area (Å²) in [5, 5.41) is 0. The average molecular weight is 345 g/mol. The highest BCUT2D eigenvalue weighted by molar-refractivity contribution is 5.46. The lowest BCUT2D eigenvalue weighted by Gasteiger charge is -2.49. The van der Waals surface area contributed by atoms with Crippen LogP contribution in [0.15, 0.2) is 12.3 Å². The highest BCUT2D eigenvalue weighted by atomic mass is 15.4. The maximum absolute atomic E-state index is 4.66. The van der Waals surface area contributed by atoms with Gasteiger partial charge in [-0.25, -0.2) is 4.98 Å². The van der Waals surface area contributed by atoms with Gasteiger partial charge in [-0.05, 0) is 18.9 Å². The molecule has 3 heterocycles. The normalized spacial score (nSPS) is 24.3. The first-order valence-corrected chi connectivity index (χ1v) is 9.94. The van der Waals surface area contributed by atoms with Crippen LogP contribution in [-0.2, 0) is 0 Å². The molecule has 0 spiro atoms. The van der Waals surface area contributed by atoms with Gasteiger partial charge in [0.2, 0.25) is 5.95 Å². The van der Waals surface area contributed by atoms with Gasteiger partial charge < -0.3 is 9.80 Å². The molecule has 2 aliphatic heterocycles. The number of anilines is 2. The first kappa shape index (κ1) is 17.0. The lowest BCUT2D eigenvalue weighted by molar-refractivity contribution is 0.0487. The van der Waals surface area contributed by atoms with Crippen molar-refractivity contribution in [1.82, 2.24) is 19.8 Å². The molecule has 2 saturated heterocycles. The lowest BCUT2D eigenvalue weighted by Crippen LogP contribution is -2.64. The van der Waals surface area contributed by atoms with Crippen LogP contribution < -0.4 is 9.80 Å². The monoisotopic (exact) mass is 344 g/mol.